The maximum Gasteiger partial charge on any atom is 0.367 e. The van der Waals surface area contributed by atoms with Crippen LogP contribution in [0.25, 0.3) is 0 Å². The standard InChI is InChI=1S/C6H5FN2O3/c1-3-2-4(9(11)12)8-6(7)5(3)10/h2,10H,1H3. The van der Waals surface area contributed by atoms with Crippen molar-refractivity contribution in [3.63, 3.8) is 0 Å². The van der Waals surface area contributed by atoms with Crippen LogP contribution in [0.2, 0.25) is 0 Å². The molecule has 1 rings (SSSR count). The highest BCUT2D eigenvalue weighted by atomic mass is 19.1. The van der Waals surface area contributed by atoms with Crippen molar-refractivity contribution >= 4 is 5.82 Å². The molecule has 0 aliphatic carbocycles. The van der Waals surface area contributed by atoms with Crippen LogP contribution in [0.1, 0.15) is 5.56 Å². The van der Waals surface area contributed by atoms with E-state index in [9.17, 15) is 14.5 Å². The monoisotopic (exact) mass is 172 g/mol. The highest BCUT2D eigenvalue weighted by Gasteiger charge is 2.17. The van der Waals surface area contributed by atoms with Crippen LogP contribution in [-0.2, 0) is 0 Å². The summed E-state index contributed by atoms with van der Waals surface area (Å²) in [5.41, 5.74) is 0.0919. The number of aromatic nitrogens is 1. The van der Waals surface area contributed by atoms with Crippen LogP contribution in [0.4, 0.5) is 10.2 Å². The van der Waals surface area contributed by atoms with Crippen LogP contribution in [0.5, 0.6) is 5.75 Å². The number of nitro groups is 1. The molecule has 0 aliphatic rings. The van der Waals surface area contributed by atoms with Gasteiger partial charge in [0.2, 0.25) is 5.75 Å². The van der Waals surface area contributed by atoms with Gasteiger partial charge in [-0.05, 0) is 16.8 Å². The fourth-order valence-corrected chi connectivity index (χ4v) is 0.704. The van der Waals surface area contributed by atoms with E-state index in [1.54, 1.807) is 0 Å². The molecular formula is C6H5FN2O3. The zero-order chi connectivity index (χ0) is 9.30. The third kappa shape index (κ3) is 1.31. The molecule has 0 aromatic carbocycles. The van der Waals surface area contributed by atoms with Crippen molar-refractivity contribution in [2.75, 3.05) is 0 Å². The van der Waals surface area contributed by atoms with Crippen molar-refractivity contribution in [2.45, 2.75) is 6.92 Å². The third-order valence-electron chi connectivity index (χ3n) is 1.31. The number of pyridine rings is 1. The van der Waals surface area contributed by atoms with Crippen LogP contribution >= 0.6 is 0 Å². The van der Waals surface area contributed by atoms with E-state index < -0.39 is 22.4 Å². The first-order valence-electron chi connectivity index (χ1n) is 3.03. The molecular weight excluding hydrogens is 167 g/mol. The molecule has 0 spiro atoms. The van der Waals surface area contributed by atoms with Crippen molar-refractivity contribution in [3.05, 3.63) is 27.7 Å². The van der Waals surface area contributed by atoms with E-state index in [1.165, 1.54) is 6.92 Å². The van der Waals surface area contributed by atoms with E-state index in [0.29, 0.717) is 0 Å². The summed E-state index contributed by atoms with van der Waals surface area (Å²) in [6, 6.07) is 0.998. The van der Waals surface area contributed by atoms with E-state index in [0.717, 1.165) is 6.07 Å². The van der Waals surface area contributed by atoms with Gasteiger partial charge in [0.1, 0.15) is 0 Å². The zero-order valence-electron chi connectivity index (χ0n) is 6.11. The molecule has 1 aromatic rings. The number of nitrogens with zero attached hydrogens (tertiary/aromatic N) is 2. The lowest BCUT2D eigenvalue weighted by molar-refractivity contribution is -0.390. The first kappa shape index (κ1) is 8.38. The quantitative estimate of drug-likeness (QED) is 0.391. The molecule has 0 radical (unpaired) electrons. The van der Waals surface area contributed by atoms with Gasteiger partial charge in [0, 0.05) is 11.6 Å². The minimum absolute atomic E-state index is 0.0919. The van der Waals surface area contributed by atoms with Gasteiger partial charge in [-0.1, -0.05) is 0 Å². The van der Waals surface area contributed by atoms with Crippen LogP contribution < -0.4 is 0 Å². The topological polar surface area (TPSA) is 76.3 Å². The van der Waals surface area contributed by atoms with Gasteiger partial charge in [0.25, 0.3) is 0 Å². The van der Waals surface area contributed by atoms with E-state index in [-0.39, 0.29) is 5.56 Å². The fraction of sp³-hybridized carbons (Fsp3) is 0.167. The summed E-state index contributed by atoms with van der Waals surface area (Å²) in [5.74, 6) is -2.48. The molecule has 1 aromatic heterocycles. The summed E-state index contributed by atoms with van der Waals surface area (Å²) in [6.07, 6.45) is 0. The van der Waals surface area contributed by atoms with Crippen molar-refractivity contribution in [3.8, 4) is 5.75 Å². The van der Waals surface area contributed by atoms with Gasteiger partial charge in [-0.3, -0.25) is 0 Å². The van der Waals surface area contributed by atoms with Gasteiger partial charge >= 0.3 is 11.8 Å². The average molecular weight is 172 g/mol. The van der Waals surface area contributed by atoms with Crippen LogP contribution in [-0.4, -0.2) is 15.0 Å². The predicted molar refractivity (Wildman–Crippen MR) is 37.3 cm³/mol. The summed E-state index contributed by atoms with van der Waals surface area (Å²) < 4.78 is 12.5. The zero-order valence-corrected chi connectivity index (χ0v) is 6.11. The van der Waals surface area contributed by atoms with Gasteiger partial charge in [0.05, 0.1) is 0 Å². The summed E-state index contributed by atoms with van der Waals surface area (Å²) >= 11 is 0. The maximum atomic E-state index is 12.5. The molecule has 0 saturated heterocycles. The molecule has 0 bridgehead atoms. The Balaban J connectivity index is 3.31. The Morgan fingerprint density at radius 2 is 2.33 bits per heavy atom. The highest BCUT2D eigenvalue weighted by molar-refractivity contribution is 5.36. The molecule has 0 atom stereocenters. The molecule has 0 saturated carbocycles. The number of hydrogen-bond acceptors (Lipinski definition) is 4. The molecule has 1 N–H and O–H groups in total. The Kier molecular flexibility index (Phi) is 1.90. The molecule has 1 heterocycles. The Bertz CT molecular complexity index is 317. The SMILES string of the molecule is Cc1cc([N+](=O)[O-])nc(F)c1O. The largest absolute Gasteiger partial charge is 0.502 e. The van der Waals surface area contributed by atoms with Crippen LogP contribution in [0.3, 0.4) is 0 Å². The minimum Gasteiger partial charge on any atom is -0.502 e. The molecule has 0 aliphatic heterocycles. The number of hydrogen-bond donors (Lipinski definition) is 1. The number of aryl methyl sites for hydroxylation is 1. The first-order valence-corrected chi connectivity index (χ1v) is 3.03. The predicted octanol–water partition coefficient (Wildman–Crippen LogP) is 1.14. The molecule has 5 nitrogen and oxygen atoms in total. The van der Waals surface area contributed by atoms with E-state index >= 15 is 0 Å². The smallest absolute Gasteiger partial charge is 0.367 e. The van der Waals surface area contributed by atoms with Gasteiger partial charge in [-0.2, -0.15) is 4.39 Å². The lowest BCUT2D eigenvalue weighted by atomic mass is 10.3. The van der Waals surface area contributed by atoms with Gasteiger partial charge in [0.15, 0.2) is 0 Å². The Morgan fingerprint density at radius 1 is 1.75 bits per heavy atom. The van der Waals surface area contributed by atoms with Crippen LogP contribution in [0.15, 0.2) is 6.07 Å². The number of halogens is 1. The van der Waals surface area contributed by atoms with Crippen molar-refractivity contribution in [2.24, 2.45) is 0 Å². The second-order valence-corrected chi connectivity index (χ2v) is 2.19. The minimum atomic E-state index is -1.22. The van der Waals surface area contributed by atoms with Crippen molar-refractivity contribution in [1.29, 1.82) is 0 Å². The van der Waals surface area contributed by atoms with Crippen molar-refractivity contribution < 1.29 is 14.4 Å². The fourth-order valence-electron chi connectivity index (χ4n) is 0.704. The molecule has 0 unspecified atom stereocenters. The molecule has 64 valence electrons. The van der Waals surface area contributed by atoms with Gasteiger partial charge < -0.3 is 15.2 Å². The molecule has 0 amide bonds. The van der Waals surface area contributed by atoms with E-state index in [2.05, 4.69) is 4.98 Å². The Hall–Kier alpha value is -1.72. The molecule has 0 fully saturated rings. The Morgan fingerprint density at radius 3 is 2.75 bits per heavy atom. The average Bonchev–Trinajstić information content (AvgIpc) is 1.99. The third-order valence-corrected chi connectivity index (χ3v) is 1.31. The summed E-state index contributed by atoms with van der Waals surface area (Å²) in [6.45, 7) is 1.35. The second kappa shape index (κ2) is 2.72. The van der Waals surface area contributed by atoms with Crippen molar-refractivity contribution in [1.82, 2.24) is 4.98 Å². The van der Waals surface area contributed by atoms with E-state index in [1.807, 2.05) is 0 Å². The van der Waals surface area contributed by atoms with Gasteiger partial charge in [-0.15, -0.1) is 0 Å². The van der Waals surface area contributed by atoms with E-state index in [4.69, 9.17) is 5.11 Å². The second-order valence-electron chi connectivity index (χ2n) is 2.19. The summed E-state index contributed by atoms with van der Waals surface area (Å²) in [4.78, 5) is 12.2. The summed E-state index contributed by atoms with van der Waals surface area (Å²) in [5, 5.41) is 19.0. The van der Waals surface area contributed by atoms with Crippen LogP contribution in [0, 0.1) is 23.0 Å². The normalized spacial score (nSPS) is 9.83. The number of rotatable bonds is 1. The first-order chi connectivity index (χ1) is 5.52. The lowest BCUT2D eigenvalue weighted by Gasteiger charge is -1.96. The molecule has 12 heavy (non-hydrogen) atoms. The number of aromatic hydroxyl groups is 1. The maximum absolute atomic E-state index is 12.5. The highest BCUT2D eigenvalue weighted by Crippen LogP contribution is 2.22. The lowest BCUT2D eigenvalue weighted by Crippen LogP contribution is -1.96. The van der Waals surface area contributed by atoms with Gasteiger partial charge in [-0.25, -0.2) is 0 Å². The Labute approximate surface area is 66.6 Å². The summed E-state index contributed by atoms with van der Waals surface area (Å²) in [7, 11) is 0. The molecule has 6 heteroatoms.